The molecular formula is C19H24N6O6S. The van der Waals surface area contributed by atoms with E-state index in [1.165, 1.54) is 10.9 Å². The van der Waals surface area contributed by atoms with Crippen LogP contribution in [0.3, 0.4) is 0 Å². The van der Waals surface area contributed by atoms with Gasteiger partial charge in [-0.25, -0.2) is 4.98 Å². The highest BCUT2D eigenvalue weighted by atomic mass is 32.1. The van der Waals surface area contributed by atoms with Gasteiger partial charge in [0.25, 0.3) is 0 Å². The lowest BCUT2D eigenvalue weighted by atomic mass is 10.1. The number of anilines is 2. The van der Waals surface area contributed by atoms with Gasteiger partial charge in [0.2, 0.25) is 5.95 Å². The number of nitrogen functional groups attached to an aromatic ring is 1. The molecule has 1 aliphatic rings. The normalized spacial score (nSPS) is 23.1. The fourth-order valence-electron chi connectivity index (χ4n) is 3.55. The van der Waals surface area contributed by atoms with E-state index in [4.69, 9.17) is 15.6 Å². The van der Waals surface area contributed by atoms with E-state index in [0.717, 1.165) is 10.4 Å². The lowest BCUT2D eigenvalue weighted by Gasteiger charge is -2.16. The summed E-state index contributed by atoms with van der Waals surface area (Å²) in [6, 6.07) is 1.99. The Morgan fingerprint density at radius 2 is 2.09 bits per heavy atom. The number of rotatable bonds is 9. The number of hydrogen-bond acceptors (Lipinski definition) is 11. The molecule has 12 nitrogen and oxygen atoms in total. The van der Waals surface area contributed by atoms with E-state index < -0.39 is 37.1 Å². The van der Waals surface area contributed by atoms with Gasteiger partial charge in [0.05, 0.1) is 12.9 Å². The van der Waals surface area contributed by atoms with Crippen molar-refractivity contribution in [3.05, 3.63) is 28.2 Å². The van der Waals surface area contributed by atoms with Gasteiger partial charge in [-0.3, -0.25) is 9.36 Å². The van der Waals surface area contributed by atoms with Crippen molar-refractivity contribution in [3.8, 4) is 0 Å². The van der Waals surface area contributed by atoms with E-state index in [2.05, 4.69) is 20.3 Å². The molecule has 172 valence electrons. The number of aliphatic carboxylic acids is 1. The van der Waals surface area contributed by atoms with Gasteiger partial charge in [-0.15, -0.1) is 11.3 Å². The minimum absolute atomic E-state index is 0.102. The number of aromatic nitrogens is 4. The first-order valence-corrected chi connectivity index (χ1v) is 10.9. The third kappa shape index (κ3) is 4.52. The van der Waals surface area contributed by atoms with Crippen LogP contribution >= 0.6 is 11.3 Å². The quantitative estimate of drug-likeness (QED) is 0.245. The topological polar surface area (TPSA) is 189 Å². The van der Waals surface area contributed by atoms with Crippen LogP contribution in [0.1, 0.15) is 23.1 Å². The molecule has 0 unspecified atom stereocenters. The summed E-state index contributed by atoms with van der Waals surface area (Å²) < 4.78 is 7.01. The maximum atomic E-state index is 10.7. The maximum Gasteiger partial charge on any atom is 0.303 e. The van der Waals surface area contributed by atoms with E-state index in [1.807, 2.05) is 11.4 Å². The molecule has 0 radical (unpaired) electrons. The highest BCUT2D eigenvalue weighted by Gasteiger charge is 2.44. The Morgan fingerprint density at radius 1 is 1.28 bits per heavy atom. The summed E-state index contributed by atoms with van der Waals surface area (Å²) in [6.07, 6.45) is -1.74. The number of aliphatic hydroxyl groups is 3. The van der Waals surface area contributed by atoms with Crippen LogP contribution in [0.25, 0.3) is 11.2 Å². The van der Waals surface area contributed by atoms with E-state index >= 15 is 0 Å². The molecule has 1 aliphatic heterocycles. The molecular weight excluding hydrogens is 440 g/mol. The number of carboxylic acids is 1. The first-order chi connectivity index (χ1) is 15.4. The number of nitrogens with two attached hydrogens (primary N) is 1. The van der Waals surface area contributed by atoms with E-state index in [1.54, 1.807) is 11.3 Å². The zero-order valence-electron chi connectivity index (χ0n) is 17.0. The SMILES string of the molecule is Nc1nc(NCCc2cc(CCC(=O)O)cs2)nc2c1ncn2[C@@H]1O[C@H](CO)[C@@H](O)[C@H]1O. The fourth-order valence-corrected chi connectivity index (χ4v) is 4.48. The van der Waals surface area contributed by atoms with Crippen LogP contribution in [-0.4, -0.2) is 77.4 Å². The lowest BCUT2D eigenvalue weighted by molar-refractivity contribution is -0.136. The van der Waals surface area contributed by atoms with Gasteiger partial charge in [0, 0.05) is 17.8 Å². The number of ether oxygens (including phenoxy) is 1. The first kappa shape index (κ1) is 22.4. The van der Waals surface area contributed by atoms with Crippen LogP contribution in [0.15, 0.2) is 17.8 Å². The second-order valence-corrected chi connectivity index (χ2v) is 8.47. The molecule has 3 aromatic rings. The number of hydrogen-bond donors (Lipinski definition) is 6. The summed E-state index contributed by atoms with van der Waals surface area (Å²) in [5.41, 5.74) is 7.67. The second-order valence-electron chi connectivity index (χ2n) is 7.48. The van der Waals surface area contributed by atoms with Crippen molar-refractivity contribution < 1.29 is 30.0 Å². The molecule has 4 atom stereocenters. The number of imidazole rings is 1. The molecule has 0 amide bonds. The number of nitrogens with one attached hydrogen (secondary N) is 1. The Morgan fingerprint density at radius 3 is 2.81 bits per heavy atom. The van der Waals surface area contributed by atoms with Crippen LogP contribution < -0.4 is 11.1 Å². The van der Waals surface area contributed by atoms with Gasteiger partial charge in [-0.05, 0) is 29.9 Å². The van der Waals surface area contributed by atoms with Crippen molar-refractivity contribution in [1.82, 2.24) is 19.5 Å². The second kappa shape index (κ2) is 9.34. The average Bonchev–Trinajstić information content (AvgIpc) is 3.46. The smallest absolute Gasteiger partial charge is 0.303 e. The minimum Gasteiger partial charge on any atom is -0.481 e. The van der Waals surface area contributed by atoms with Crippen LogP contribution in [0.2, 0.25) is 0 Å². The predicted octanol–water partition coefficient (Wildman–Crippen LogP) is -0.247. The van der Waals surface area contributed by atoms with Crippen molar-refractivity contribution in [1.29, 1.82) is 0 Å². The standard InChI is InChI=1S/C19H24N6O6S/c20-16-13-17(25(8-22-13)18-15(30)14(29)11(6-26)31-18)24-19(23-16)21-4-3-10-5-9(7-32-10)1-2-12(27)28/h5,7-8,11,14-15,18,26,29-30H,1-4,6H2,(H,27,28)(H3,20,21,23,24)/t11-,14-,15-,18-/m1/s1. The number of fused-ring (bicyclic) bond motifs is 1. The molecule has 0 aliphatic carbocycles. The van der Waals surface area contributed by atoms with Gasteiger partial charge in [0.1, 0.15) is 23.8 Å². The van der Waals surface area contributed by atoms with Crippen LogP contribution in [-0.2, 0) is 22.4 Å². The molecule has 32 heavy (non-hydrogen) atoms. The molecule has 3 aromatic heterocycles. The average molecular weight is 465 g/mol. The number of nitrogens with zero attached hydrogens (tertiary/aromatic N) is 4. The predicted molar refractivity (Wildman–Crippen MR) is 115 cm³/mol. The number of carboxylic acid groups (broad SMARTS) is 1. The van der Waals surface area contributed by atoms with Crippen molar-refractivity contribution in [2.45, 2.75) is 43.8 Å². The Bertz CT molecular complexity index is 1100. The molecule has 7 N–H and O–H groups in total. The molecule has 1 saturated heterocycles. The highest BCUT2D eigenvalue weighted by molar-refractivity contribution is 7.10. The summed E-state index contributed by atoms with van der Waals surface area (Å²) in [5.74, 6) is -0.401. The molecule has 1 fully saturated rings. The summed E-state index contributed by atoms with van der Waals surface area (Å²) in [5, 5.41) is 43.5. The van der Waals surface area contributed by atoms with Crippen molar-refractivity contribution in [3.63, 3.8) is 0 Å². The zero-order chi connectivity index (χ0) is 22.8. The first-order valence-electron chi connectivity index (χ1n) is 10.0. The Labute approximate surface area is 186 Å². The number of aryl methyl sites for hydroxylation is 1. The Kier molecular flexibility index (Phi) is 6.53. The molecule has 0 spiro atoms. The van der Waals surface area contributed by atoms with Gasteiger partial charge in [0.15, 0.2) is 17.7 Å². The van der Waals surface area contributed by atoms with Crippen molar-refractivity contribution in [2.75, 3.05) is 24.2 Å². The molecule has 0 saturated carbocycles. The molecule has 13 heteroatoms. The molecule has 0 bridgehead atoms. The Hall–Kier alpha value is -2.84. The van der Waals surface area contributed by atoms with Crippen LogP contribution in [0.4, 0.5) is 11.8 Å². The monoisotopic (exact) mass is 464 g/mol. The van der Waals surface area contributed by atoms with E-state index in [0.29, 0.717) is 30.6 Å². The highest BCUT2D eigenvalue weighted by Crippen LogP contribution is 2.32. The number of thiophene rings is 1. The third-order valence-electron chi connectivity index (χ3n) is 5.23. The lowest BCUT2D eigenvalue weighted by Crippen LogP contribution is -2.33. The maximum absolute atomic E-state index is 10.7. The summed E-state index contributed by atoms with van der Waals surface area (Å²) in [4.78, 5) is 24.6. The van der Waals surface area contributed by atoms with Gasteiger partial charge in [-0.1, -0.05) is 0 Å². The van der Waals surface area contributed by atoms with Gasteiger partial charge in [-0.2, -0.15) is 9.97 Å². The van der Waals surface area contributed by atoms with Crippen molar-refractivity contribution >= 4 is 40.2 Å². The zero-order valence-corrected chi connectivity index (χ0v) is 17.8. The summed E-state index contributed by atoms with van der Waals surface area (Å²) in [6.45, 7) is 0.0812. The Balaban J connectivity index is 1.45. The van der Waals surface area contributed by atoms with Crippen molar-refractivity contribution in [2.24, 2.45) is 0 Å². The largest absolute Gasteiger partial charge is 0.481 e. The molecule has 4 heterocycles. The van der Waals surface area contributed by atoms with Gasteiger partial charge >= 0.3 is 5.97 Å². The van der Waals surface area contributed by atoms with E-state index in [9.17, 15) is 20.1 Å². The molecule has 0 aromatic carbocycles. The summed E-state index contributed by atoms with van der Waals surface area (Å²) in [7, 11) is 0. The number of aliphatic hydroxyl groups excluding tert-OH is 3. The van der Waals surface area contributed by atoms with Crippen LogP contribution in [0.5, 0.6) is 0 Å². The van der Waals surface area contributed by atoms with Gasteiger partial charge < -0.3 is 36.2 Å². The van der Waals surface area contributed by atoms with Crippen LogP contribution in [0, 0.1) is 0 Å². The minimum atomic E-state index is -1.27. The van der Waals surface area contributed by atoms with E-state index in [-0.39, 0.29) is 18.2 Å². The fraction of sp³-hybridized carbons (Fsp3) is 0.474. The number of carbonyl (C=O) groups is 1. The summed E-state index contributed by atoms with van der Waals surface area (Å²) >= 11 is 1.56. The molecule has 4 rings (SSSR count). The third-order valence-corrected chi connectivity index (χ3v) is 6.28.